The van der Waals surface area contributed by atoms with Crippen LogP contribution in [0.3, 0.4) is 0 Å². The number of carbonyl (C=O) groups excluding carboxylic acids is 2. The molecule has 4 aromatic rings. The summed E-state index contributed by atoms with van der Waals surface area (Å²) in [4.78, 5) is 34.1. The van der Waals surface area contributed by atoms with Crippen LogP contribution in [0, 0.1) is 0 Å². The lowest BCUT2D eigenvalue weighted by atomic mass is 10.2. The minimum Gasteiger partial charge on any atom is -0.335 e. The third-order valence-corrected chi connectivity index (χ3v) is 5.71. The quantitative estimate of drug-likeness (QED) is 0.490. The fourth-order valence-corrected chi connectivity index (χ4v) is 3.94. The molecular formula is C26H23N5O2. The smallest absolute Gasteiger partial charge is 0.293 e. The van der Waals surface area contributed by atoms with E-state index in [-0.39, 0.29) is 17.6 Å². The molecule has 0 spiro atoms. The standard InChI is InChI=1S/C26H23N5O2/c32-25(21-12-6-2-7-13-21)29-16-18-30(19-17-29)26(33)23-27-24(20-10-4-1-5-11-20)31(28-23)22-14-8-3-9-15-22/h1-15H,16-19H2. The number of aromatic nitrogens is 3. The lowest BCUT2D eigenvalue weighted by molar-refractivity contribution is 0.0529. The molecule has 164 valence electrons. The monoisotopic (exact) mass is 437 g/mol. The van der Waals surface area contributed by atoms with E-state index in [9.17, 15) is 9.59 Å². The van der Waals surface area contributed by atoms with E-state index >= 15 is 0 Å². The van der Waals surface area contributed by atoms with E-state index in [1.165, 1.54) is 0 Å². The highest BCUT2D eigenvalue weighted by molar-refractivity contribution is 5.95. The van der Waals surface area contributed by atoms with Crippen molar-refractivity contribution in [3.63, 3.8) is 0 Å². The van der Waals surface area contributed by atoms with Gasteiger partial charge in [0.05, 0.1) is 5.69 Å². The summed E-state index contributed by atoms with van der Waals surface area (Å²) in [5, 5.41) is 4.57. The zero-order chi connectivity index (χ0) is 22.6. The fraction of sp³-hybridized carbons (Fsp3) is 0.154. The Labute approximate surface area is 191 Å². The van der Waals surface area contributed by atoms with Crippen LogP contribution in [0.2, 0.25) is 0 Å². The first kappa shape index (κ1) is 20.6. The van der Waals surface area contributed by atoms with Gasteiger partial charge in [-0.15, -0.1) is 5.10 Å². The summed E-state index contributed by atoms with van der Waals surface area (Å²) in [7, 11) is 0. The first-order valence-corrected chi connectivity index (χ1v) is 10.9. The van der Waals surface area contributed by atoms with Crippen molar-refractivity contribution in [1.29, 1.82) is 0 Å². The number of rotatable bonds is 4. The molecule has 0 N–H and O–H groups in total. The second-order valence-corrected chi connectivity index (χ2v) is 7.82. The number of nitrogens with zero attached hydrogens (tertiary/aromatic N) is 5. The van der Waals surface area contributed by atoms with Crippen molar-refractivity contribution in [2.24, 2.45) is 0 Å². The van der Waals surface area contributed by atoms with Gasteiger partial charge in [0.25, 0.3) is 11.8 Å². The Bertz CT molecular complexity index is 1190. The molecule has 7 nitrogen and oxygen atoms in total. The van der Waals surface area contributed by atoms with Crippen LogP contribution in [0.5, 0.6) is 0 Å². The Morgan fingerprint density at radius 2 is 1.15 bits per heavy atom. The van der Waals surface area contributed by atoms with Gasteiger partial charge in [0, 0.05) is 37.3 Å². The van der Waals surface area contributed by atoms with Gasteiger partial charge < -0.3 is 9.80 Å². The molecule has 1 aliphatic heterocycles. The van der Waals surface area contributed by atoms with E-state index in [0.717, 1.165) is 11.3 Å². The molecule has 5 rings (SSSR count). The molecule has 1 saturated heterocycles. The van der Waals surface area contributed by atoms with Gasteiger partial charge in [-0.05, 0) is 24.3 Å². The third kappa shape index (κ3) is 4.25. The summed E-state index contributed by atoms with van der Waals surface area (Å²) >= 11 is 0. The Balaban J connectivity index is 1.36. The number of benzene rings is 3. The molecule has 3 aromatic carbocycles. The van der Waals surface area contributed by atoms with Crippen LogP contribution in [-0.2, 0) is 0 Å². The maximum Gasteiger partial charge on any atom is 0.293 e. The van der Waals surface area contributed by atoms with Crippen molar-refractivity contribution >= 4 is 11.8 Å². The molecule has 2 heterocycles. The molecule has 7 heteroatoms. The van der Waals surface area contributed by atoms with Gasteiger partial charge >= 0.3 is 0 Å². The van der Waals surface area contributed by atoms with E-state index in [4.69, 9.17) is 0 Å². The molecule has 2 amide bonds. The molecule has 0 unspecified atom stereocenters. The SMILES string of the molecule is O=C(c1ccccc1)N1CCN(C(=O)c2nc(-c3ccccc3)n(-c3ccccc3)n2)CC1. The highest BCUT2D eigenvalue weighted by atomic mass is 16.2. The minimum absolute atomic E-state index is 0.0134. The maximum absolute atomic E-state index is 13.3. The zero-order valence-corrected chi connectivity index (χ0v) is 18.0. The van der Waals surface area contributed by atoms with Crippen LogP contribution in [0.15, 0.2) is 91.0 Å². The fourth-order valence-electron chi connectivity index (χ4n) is 3.94. The van der Waals surface area contributed by atoms with Gasteiger partial charge in [0.2, 0.25) is 5.82 Å². The van der Waals surface area contributed by atoms with Crippen LogP contribution < -0.4 is 0 Å². The zero-order valence-electron chi connectivity index (χ0n) is 18.0. The first-order chi connectivity index (χ1) is 16.2. The third-order valence-electron chi connectivity index (χ3n) is 5.71. The Kier molecular flexibility index (Phi) is 5.68. The molecule has 33 heavy (non-hydrogen) atoms. The predicted octanol–water partition coefficient (Wildman–Crippen LogP) is 3.53. The van der Waals surface area contributed by atoms with E-state index in [1.54, 1.807) is 14.5 Å². The highest BCUT2D eigenvalue weighted by Crippen LogP contribution is 2.22. The summed E-state index contributed by atoms with van der Waals surface area (Å²) in [6.45, 7) is 1.84. The molecule has 1 fully saturated rings. The number of hydrogen-bond donors (Lipinski definition) is 0. The summed E-state index contributed by atoms with van der Waals surface area (Å²) in [5.41, 5.74) is 2.38. The van der Waals surface area contributed by atoms with Crippen LogP contribution in [0.25, 0.3) is 17.1 Å². The molecule has 0 radical (unpaired) electrons. The van der Waals surface area contributed by atoms with Crippen molar-refractivity contribution < 1.29 is 9.59 Å². The molecular weight excluding hydrogens is 414 g/mol. The number of para-hydroxylation sites is 1. The Morgan fingerprint density at radius 3 is 1.76 bits per heavy atom. The van der Waals surface area contributed by atoms with E-state index in [2.05, 4.69) is 10.1 Å². The lowest BCUT2D eigenvalue weighted by Gasteiger charge is -2.34. The predicted molar refractivity (Wildman–Crippen MR) is 125 cm³/mol. The summed E-state index contributed by atoms with van der Waals surface area (Å²) in [6, 6.07) is 28.6. The van der Waals surface area contributed by atoms with Crippen LogP contribution in [-0.4, -0.2) is 62.6 Å². The topological polar surface area (TPSA) is 71.3 Å². The van der Waals surface area contributed by atoms with Crippen LogP contribution in [0.4, 0.5) is 0 Å². The number of carbonyl (C=O) groups is 2. The van der Waals surface area contributed by atoms with Gasteiger partial charge in [-0.2, -0.15) is 0 Å². The summed E-state index contributed by atoms with van der Waals surface area (Å²) < 4.78 is 1.71. The van der Waals surface area contributed by atoms with E-state index in [1.807, 2.05) is 91.0 Å². The molecule has 0 aliphatic carbocycles. The molecule has 1 aliphatic rings. The molecule has 0 atom stereocenters. The molecule has 0 bridgehead atoms. The summed E-state index contributed by atoms with van der Waals surface area (Å²) in [5.74, 6) is 0.526. The number of hydrogen-bond acceptors (Lipinski definition) is 4. The highest BCUT2D eigenvalue weighted by Gasteiger charge is 2.28. The molecule has 0 saturated carbocycles. The minimum atomic E-state index is -0.228. The van der Waals surface area contributed by atoms with Gasteiger partial charge in [-0.25, -0.2) is 9.67 Å². The average Bonchev–Trinajstić information content (AvgIpc) is 3.35. The average molecular weight is 438 g/mol. The van der Waals surface area contributed by atoms with Crippen molar-refractivity contribution in [2.45, 2.75) is 0 Å². The van der Waals surface area contributed by atoms with Gasteiger partial charge in [-0.3, -0.25) is 9.59 Å². The first-order valence-electron chi connectivity index (χ1n) is 10.9. The van der Waals surface area contributed by atoms with E-state index in [0.29, 0.717) is 37.6 Å². The second-order valence-electron chi connectivity index (χ2n) is 7.82. The Hall–Kier alpha value is -4.26. The van der Waals surface area contributed by atoms with Crippen LogP contribution >= 0.6 is 0 Å². The van der Waals surface area contributed by atoms with Crippen molar-refractivity contribution in [3.05, 3.63) is 102 Å². The normalized spacial score (nSPS) is 13.7. The number of amides is 2. The van der Waals surface area contributed by atoms with Crippen LogP contribution in [0.1, 0.15) is 21.0 Å². The summed E-state index contributed by atoms with van der Waals surface area (Å²) in [6.07, 6.45) is 0. The Morgan fingerprint density at radius 1 is 0.636 bits per heavy atom. The largest absolute Gasteiger partial charge is 0.335 e. The van der Waals surface area contributed by atoms with Gasteiger partial charge in [0.15, 0.2) is 5.82 Å². The van der Waals surface area contributed by atoms with Crippen molar-refractivity contribution in [1.82, 2.24) is 24.6 Å². The lowest BCUT2D eigenvalue weighted by Crippen LogP contribution is -2.50. The molecule has 1 aromatic heterocycles. The maximum atomic E-state index is 13.3. The number of piperazine rings is 1. The van der Waals surface area contributed by atoms with E-state index < -0.39 is 0 Å². The van der Waals surface area contributed by atoms with Gasteiger partial charge in [-0.1, -0.05) is 66.7 Å². The second kappa shape index (κ2) is 9.08. The van der Waals surface area contributed by atoms with Gasteiger partial charge in [0.1, 0.15) is 0 Å². The van der Waals surface area contributed by atoms with Crippen molar-refractivity contribution in [2.75, 3.05) is 26.2 Å². The van der Waals surface area contributed by atoms with Crippen molar-refractivity contribution in [3.8, 4) is 17.1 Å².